The highest BCUT2D eigenvalue weighted by atomic mass is 16.5. The van der Waals surface area contributed by atoms with Gasteiger partial charge in [0.15, 0.2) is 0 Å². The molecule has 0 spiro atoms. The summed E-state index contributed by atoms with van der Waals surface area (Å²) in [5.74, 6) is 0.625. The van der Waals surface area contributed by atoms with Crippen LogP contribution in [0.5, 0.6) is 0 Å². The maximum Gasteiger partial charge on any atom is 0.0465 e. The van der Waals surface area contributed by atoms with E-state index in [4.69, 9.17) is 4.74 Å². The van der Waals surface area contributed by atoms with Crippen LogP contribution in [0.1, 0.15) is 24.5 Å². The second kappa shape index (κ2) is 7.46. The molecule has 0 bridgehead atoms. The molecule has 0 saturated carbocycles. The second-order valence-electron chi connectivity index (χ2n) is 4.85. The first kappa shape index (κ1) is 14.2. The Kier molecular flexibility index (Phi) is 6.23. The fourth-order valence-corrected chi connectivity index (χ4v) is 2.19. The number of rotatable bonds is 7. The van der Waals surface area contributed by atoms with Crippen LogP contribution in [0.15, 0.2) is 24.3 Å². The molecule has 2 nitrogen and oxygen atoms in total. The topological polar surface area (TPSA) is 21.3 Å². The fourth-order valence-electron chi connectivity index (χ4n) is 2.19. The molecule has 0 radical (unpaired) electrons. The van der Waals surface area contributed by atoms with Crippen LogP contribution in [0.4, 0.5) is 0 Å². The Labute approximate surface area is 105 Å². The molecule has 0 aromatic heterocycles. The largest absolute Gasteiger partial charge is 0.385 e. The van der Waals surface area contributed by atoms with E-state index in [1.165, 1.54) is 11.1 Å². The molecule has 0 amide bonds. The minimum absolute atomic E-state index is 0.520. The van der Waals surface area contributed by atoms with Crippen molar-refractivity contribution >= 4 is 0 Å². The number of likely N-dealkylation sites (N-methyl/N-ethyl adjacent to an activating group) is 1. The van der Waals surface area contributed by atoms with Gasteiger partial charge in [-0.25, -0.2) is 0 Å². The standard InChI is InChI=1S/C15H25NO/c1-12-6-5-7-14(10-12)11-15(16-3)13(2)8-9-17-4/h5-7,10,13,15-16H,8-9,11H2,1-4H3. The molecule has 1 aromatic carbocycles. The monoisotopic (exact) mass is 235 g/mol. The van der Waals surface area contributed by atoms with Crippen LogP contribution < -0.4 is 5.32 Å². The van der Waals surface area contributed by atoms with Crippen molar-refractivity contribution in [2.24, 2.45) is 5.92 Å². The Hall–Kier alpha value is -0.860. The van der Waals surface area contributed by atoms with Crippen molar-refractivity contribution in [3.8, 4) is 0 Å². The molecule has 2 atom stereocenters. The molecule has 1 aromatic rings. The van der Waals surface area contributed by atoms with E-state index in [2.05, 4.69) is 43.4 Å². The van der Waals surface area contributed by atoms with Crippen LogP contribution in [-0.2, 0) is 11.2 Å². The second-order valence-corrected chi connectivity index (χ2v) is 4.85. The summed E-state index contributed by atoms with van der Waals surface area (Å²) >= 11 is 0. The molecule has 0 aliphatic heterocycles. The lowest BCUT2D eigenvalue weighted by Gasteiger charge is -2.23. The summed E-state index contributed by atoms with van der Waals surface area (Å²) in [4.78, 5) is 0. The summed E-state index contributed by atoms with van der Waals surface area (Å²) in [6.45, 7) is 5.27. The van der Waals surface area contributed by atoms with Crippen LogP contribution >= 0.6 is 0 Å². The molecule has 96 valence electrons. The van der Waals surface area contributed by atoms with E-state index in [9.17, 15) is 0 Å². The lowest BCUT2D eigenvalue weighted by atomic mass is 9.92. The Morgan fingerprint density at radius 3 is 2.71 bits per heavy atom. The predicted octanol–water partition coefficient (Wildman–Crippen LogP) is 2.80. The average Bonchev–Trinajstić information content (AvgIpc) is 2.33. The van der Waals surface area contributed by atoms with Gasteiger partial charge in [0.05, 0.1) is 0 Å². The average molecular weight is 235 g/mol. The first-order chi connectivity index (χ1) is 8.17. The van der Waals surface area contributed by atoms with Gasteiger partial charge >= 0.3 is 0 Å². The summed E-state index contributed by atoms with van der Waals surface area (Å²) in [7, 11) is 3.81. The van der Waals surface area contributed by atoms with Crippen LogP contribution in [0.3, 0.4) is 0 Å². The highest BCUT2D eigenvalue weighted by Gasteiger charge is 2.15. The number of benzene rings is 1. The van der Waals surface area contributed by atoms with E-state index in [0.29, 0.717) is 12.0 Å². The van der Waals surface area contributed by atoms with E-state index >= 15 is 0 Å². The Morgan fingerprint density at radius 1 is 1.35 bits per heavy atom. The maximum atomic E-state index is 5.15. The predicted molar refractivity (Wildman–Crippen MR) is 73.4 cm³/mol. The zero-order valence-corrected chi connectivity index (χ0v) is 11.5. The minimum atomic E-state index is 0.520. The number of nitrogens with one attached hydrogen (secondary N) is 1. The van der Waals surface area contributed by atoms with Crippen molar-refractivity contribution in [2.45, 2.75) is 32.7 Å². The van der Waals surface area contributed by atoms with E-state index in [1.54, 1.807) is 7.11 Å². The molecular weight excluding hydrogens is 210 g/mol. The quantitative estimate of drug-likeness (QED) is 0.784. The summed E-state index contributed by atoms with van der Waals surface area (Å²) in [5, 5.41) is 3.42. The van der Waals surface area contributed by atoms with Gasteiger partial charge in [-0.3, -0.25) is 0 Å². The van der Waals surface area contributed by atoms with E-state index < -0.39 is 0 Å². The summed E-state index contributed by atoms with van der Waals surface area (Å²) in [5.41, 5.74) is 2.75. The number of methoxy groups -OCH3 is 1. The third kappa shape index (κ3) is 4.88. The Morgan fingerprint density at radius 2 is 2.12 bits per heavy atom. The van der Waals surface area contributed by atoms with Gasteiger partial charge in [0.1, 0.15) is 0 Å². The number of hydrogen-bond acceptors (Lipinski definition) is 2. The van der Waals surface area contributed by atoms with Crippen LogP contribution in [0.2, 0.25) is 0 Å². The van der Waals surface area contributed by atoms with Gasteiger partial charge in [0.25, 0.3) is 0 Å². The van der Waals surface area contributed by atoms with Gasteiger partial charge < -0.3 is 10.1 Å². The van der Waals surface area contributed by atoms with Gasteiger partial charge in [0.2, 0.25) is 0 Å². The Bertz CT molecular complexity index is 324. The SMILES string of the molecule is CNC(Cc1cccc(C)c1)C(C)CCOC. The summed E-state index contributed by atoms with van der Waals surface area (Å²) in [6, 6.07) is 9.28. The number of ether oxygens (including phenoxy) is 1. The molecule has 0 aliphatic carbocycles. The third-order valence-corrected chi connectivity index (χ3v) is 3.37. The molecule has 0 fully saturated rings. The van der Waals surface area contributed by atoms with E-state index in [1.807, 2.05) is 7.05 Å². The van der Waals surface area contributed by atoms with Crippen molar-refractivity contribution in [3.05, 3.63) is 35.4 Å². The summed E-state index contributed by atoms with van der Waals surface area (Å²) in [6.07, 6.45) is 2.19. The molecule has 0 heterocycles. The van der Waals surface area contributed by atoms with Crippen LogP contribution in [0.25, 0.3) is 0 Å². The maximum absolute atomic E-state index is 5.15. The first-order valence-electron chi connectivity index (χ1n) is 6.39. The van der Waals surface area contributed by atoms with Gasteiger partial charge in [-0.05, 0) is 38.3 Å². The van der Waals surface area contributed by atoms with Gasteiger partial charge in [0, 0.05) is 19.8 Å². The first-order valence-corrected chi connectivity index (χ1v) is 6.39. The molecule has 2 unspecified atom stereocenters. The van der Waals surface area contributed by atoms with E-state index in [0.717, 1.165) is 19.4 Å². The molecule has 1 rings (SSSR count). The van der Waals surface area contributed by atoms with Gasteiger partial charge in [-0.2, -0.15) is 0 Å². The van der Waals surface area contributed by atoms with Gasteiger partial charge in [-0.1, -0.05) is 36.8 Å². The zero-order valence-electron chi connectivity index (χ0n) is 11.5. The van der Waals surface area contributed by atoms with Crippen molar-refractivity contribution < 1.29 is 4.74 Å². The van der Waals surface area contributed by atoms with Gasteiger partial charge in [-0.15, -0.1) is 0 Å². The van der Waals surface area contributed by atoms with E-state index in [-0.39, 0.29) is 0 Å². The van der Waals surface area contributed by atoms with Crippen molar-refractivity contribution in [3.63, 3.8) is 0 Å². The lowest BCUT2D eigenvalue weighted by Crippen LogP contribution is -2.34. The molecule has 0 aliphatic rings. The zero-order chi connectivity index (χ0) is 12.7. The molecule has 1 N–H and O–H groups in total. The minimum Gasteiger partial charge on any atom is -0.385 e. The lowest BCUT2D eigenvalue weighted by molar-refractivity contribution is 0.171. The number of hydrogen-bond donors (Lipinski definition) is 1. The highest BCUT2D eigenvalue weighted by Crippen LogP contribution is 2.14. The van der Waals surface area contributed by atoms with Crippen molar-refractivity contribution in [1.29, 1.82) is 0 Å². The Balaban J connectivity index is 2.56. The number of aryl methyl sites for hydroxylation is 1. The molecule has 17 heavy (non-hydrogen) atoms. The molecule has 2 heteroatoms. The summed E-state index contributed by atoms with van der Waals surface area (Å²) < 4.78 is 5.15. The van der Waals surface area contributed by atoms with Crippen molar-refractivity contribution in [2.75, 3.05) is 20.8 Å². The highest BCUT2D eigenvalue weighted by molar-refractivity contribution is 5.23. The van der Waals surface area contributed by atoms with Crippen molar-refractivity contribution in [1.82, 2.24) is 5.32 Å². The normalized spacial score (nSPS) is 14.6. The smallest absolute Gasteiger partial charge is 0.0465 e. The third-order valence-electron chi connectivity index (χ3n) is 3.37. The molecular formula is C15H25NO. The molecule has 0 saturated heterocycles. The van der Waals surface area contributed by atoms with Crippen LogP contribution in [-0.4, -0.2) is 26.8 Å². The fraction of sp³-hybridized carbons (Fsp3) is 0.600. The van der Waals surface area contributed by atoms with Crippen LogP contribution in [0, 0.1) is 12.8 Å².